The van der Waals surface area contributed by atoms with Gasteiger partial charge >= 0.3 is 5.97 Å². The Morgan fingerprint density at radius 2 is 1.58 bits per heavy atom. The number of carbonyl (C=O) groups excluding carboxylic acids is 2. The van der Waals surface area contributed by atoms with Crippen molar-refractivity contribution in [2.75, 3.05) is 13.7 Å². The highest BCUT2D eigenvalue weighted by atomic mass is 16.5. The fraction of sp³-hybridized carbons (Fsp3) is 0.120. The number of ether oxygens (including phenoxy) is 3. The third kappa shape index (κ3) is 7.22. The Morgan fingerprint density at radius 3 is 2.21 bits per heavy atom. The zero-order chi connectivity index (χ0) is 23.5. The maximum Gasteiger partial charge on any atom is 0.337 e. The van der Waals surface area contributed by atoms with Crippen LogP contribution in [0.4, 0.5) is 0 Å². The number of nitrogens with zero attached hydrogens (tertiary/aromatic N) is 2. The number of nitriles is 1. The summed E-state index contributed by atoms with van der Waals surface area (Å²) in [6.07, 6.45) is 1.51. The molecule has 0 saturated carbocycles. The van der Waals surface area contributed by atoms with Crippen molar-refractivity contribution in [3.8, 4) is 17.6 Å². The maximum absolute atomic E-state index is 11.8. The molecule has 1 N–H and O–H groups in total. The van der Waals surface area contributed by atoms with Gasteiger partial charge in [-0.1, -0.05) is 12.1 Å². The molecule has 8 heteroatoms. The molecule has 0 aliphatic carbocycles. The van der Waals surface area contributed by atoms with Crippen LogP contribution in [0.3, 0.4) is 0 Å². The SMILES string of the molecule is COC(=O)c1ccc(COc2ccc(/C=N/NC(=O)COc3ccc(C#N)cc3)cc2)cc1. The van der Waals surface area contributed by atoms with Gasteiger partial charge < -0.3 is 14.2 Å². The minimum atomic E-state index is -0.409. The van der Waals surface area contributed by atoms with Gasteiger partial charge in [-0.2, -0.15) is 10.4 Å². The van der Waals surface area contributed by atoms with Gasteiger partial charge in [0, 0.05) is 0 Å². The Hall–Kier alpha value is -4.64. The predicted octanol–water partition coefficient (Wildman–Crippen LogP) is 3.45. The molecule has 0 unspecified atom stereocenters. The van der Waals surface area contributed by atoms with Gasteiger partial charge in [0.15, 0.2) is 6.61 Å². The van der Waals surface area contributed by atoms with Crippen LogP contribution in [0.5, 0.6) is 11.5 Å². The van der Waals surface area contributed by atoms with Crippen molar-refractivity contribution in [2.45, 2.75) is 6.61 Å². The topological polar surface area (TPSA) is 110 Å². The monoisotopic (exact) mass is 443 g/mol. The average molecular weight is 443 g/mol. The van der Waals surface area contributed by atoms with Crippen molar-refractivity contribution < 1.29 is 23.8 Å². The second-order valence-electron chi connectivity index (χ2n) is 6.76. The van der Waals surface area contributed by atoms with Gasteiger partial charge in [-0.05, 0) is 71.8 Å². The van der Waals surface area contributed by atoms with Gasteiger partial charge in [0.1, 0.15) is 18.1 Å². The Morgan fingerprint density at radius 1 is 0.939 bits per heavy atom. The highest BCUT2D eigenvalue weighted by Gasteiger charge is 2.05. The Kier molecular flexibility index (Phi) is 8.15. The Labute approximate surface area is 191 Å². The highest BCUT2D eigenvalue weighted by molar-refractivity contribution is 5.89. The van der Waals surface area contributed by atoms with Crippen LogP contribution in [0.2, 0.25) is 0 Å². The summed E-state index contributed by atoms with van der Waals surface area (Å²) < 4.78 is 15.8. The largest absolute Gasteiger partial charge is 0.489 e. The highest BCUT2D eigenvalue weighted by Crippen LogP contribution is 2.14. The third-order valence-electron chi connectivity index (χ3n) is 4.42. The smallest absolute Gasteiger partial charge is 0.337 e. The number of hydrogen-bond donors (Lipinski definition) is 1. The van der Waals surface area contributed by atoms with E-state index in [0.29, 0.717) is 29.2 Å². The number of esters is 1. The van der Waals surface area contributed by atoms with Crippen LogP contribution in [0.1, 0.15) is 27.0 Å². The zero-order valence-electron chi connectivity index (χ0n) is 17.9. The number of carbonyl (C=O) groups is 2. The van der Waals surface area contributed by atoms with E-state index in [-0.39, 0.29) is 12.6 Å². The van der Waals surface area contributed by atoms with Crippen LogP contribution in [0, 0.1) is 11.3 Å². The Bertz CT molecular complexity index is 1150. The van der Waals surface area contributed by atoms with Crippen LogP contribution >= 0.6 is 0 Å². The number of hydrazone groups is 1. The lowest BCUT2D eigenvalue weighted by Crippen LogP contribution is -2.24. The second-order valence-corrected chi connectivity index (χ2v) is 6.76. The molecule has 0 saturated heterocycles. The maximum atomic E-state index is 11.8. The number of nitrogens with one attached hydrogen (secondary N) is 1. The molecular weight excluding hydrogens is 422 g/mol. The summed E-state index contributed by atoms with van der Waals surface area (Å²) in [5, 5.41) is 12.7. The van der Waals surface area contributed by atoms with E-state index in [1.54, 1.807) is 72.8 Å². The summed E-state index contributed by atoms with van der Waals surface area (Å²) in [5.74, 6) is 0.371. The first-order valence-corrected chi connectivity index (χ1v) is 9.92. The summed E-state index contributed by atoms with van der Waals surface area (Å²) in [6, 6.07) is 22.7. The van der Waals surface area contributed by atoms with E-state index in [9.17, 15) is 9.59 Å². The van der Waals surface area contributed by atoms with E-state index >= 15 is 0 Å². The Balaban J connectivity index is 1.41. The van der Waals surface area contributed by atoms with Crippen LogP contribution < -0.4 is 14.9 Å². The fourth-order valence-corrected chi connectivity index (χ4v) is 2.66. The number of rotatable bonds is 9. The minimum absolute atomic E-state index is 0.198. The lowest BCUT2D eigenvalue weighted by Gasteiger charge is -2.07. The van der Waals surface area contributed by atoms with Crippen molar-refractivity contribution in [1.82, 2.24) is 5.43 Å². The number of benzene rings is 3. The molecule has 0 aliphatic rings. The number of methoxy groups -OCH3 is 1. The van der Waals surface area contributed by atoms with Crippen molar-refractivity contribution in [1.29, 1.82) is 5.26 Å². The molecule has 0 spiro atoms. The summed E-state index contributed by atoms with van der Waals surface area (Å²) in [7, 11) is 1.34. The molecule has 0 atom stereocenters. The molecule has 8 nitrogen and oxygen atoms in total. The molecule has 0 fully saturated rings. The molecule has 166 valence electrons. The third-order valence-corrected chi connectivity index (χ3v) is 4.42. The molecule has 0 heterocycles. The van der Waals surface area contributed by atoms with Gasteiger partial charge in [0.25, 0.3) is 5.91 Å². The van der Waals surface area contributed by atoms with E-state index in [2.05, 4.69) is 15.3 Å². The molecule has 33 heavy (non-hydrogen) atoms. The van der Waals surface area contributed by atoms with E-state index < -0.39 is 5.91 Å². The van der Waals surface area contributed by atoms with Crippen LogP contribution in [0.15, 0.2) is 77.9 Å². The van der Waals surface area contributed by atoms with Gasteiger partial charge in [0.2, 0.25) is 0 Å². The number of hydrogen-bond acceptors (Lipinski definition) is 7. The first kappa shape index (κ1) is 23.0. The van der Waals surface area contributed by atoms with Gasteiger partial charge in [0.05, 0.1) is 30.5 Å². The van der Waals surface area contributed by atoms with Gasteiger partial charge in [-0.3, -0.25) is 4.79 Å². The lowest BCUT2D eigenvalue weighted by atomic mass is 10.1. The van der Waals surface area contributed by atoms with E-state index in [0.717, 1.165) is 11.1 Å². The summed E-state index contributed by atoms with van der Waals surface area (Å²) in [4.78, 5) is 23.3. The molecule has 3 aromatic carbocycles. The second kappa shape index (κ2) is 11.7. The van der Waals surface area contributed by atoms with Crippen LogP contribution in [-0.4, -0.2) is 31.8 Å². The molecule has 0 aliphatic heterocycles. The summed E-state index contributed by atoms with van der Waals surface area (Å²) >= 11 is 0. The number of amides is 1. The molecule has 0 aromatic heterocycles. The van der Waals surface area contributed by atoms with E-state index in [1.165, 1.54) is 13.3 Å². The molecule has 3 rings (SSSR count). The van der Waals surface area contributed by atoms with Crippen LogP contribution in [0.25, 0.3) is 0 Å². The van der Waals surface area contributed by atoms with E-state index in [4.69, 9.17) is 14.7 Å². The molecule has 0 radical (unpaired) electrons. The summed E-state index contributed by atoms with van der Waals surface area (Å²) in [5.41, 5.74) is 5.08. The molecule has 0 bridgehead atoms. The zero-order valence-corrected chi connectivity index (χ0v) is 17.9. The van der Waals surface area contributed by atoms with Crippen LogP contribution in [-0.2, 0) is 16.1 Å². The van der Waals surface area contributed by atoms with Crippen molar-refractivity contribution in [2.24, 2.45) is 5.10 Å². The van der Waals surface area contributed by atoms with Gasteiger partial charge in [-0.25, -0.2) is 10.2 Å². The standard InChI is InChI=1S/C25H21N3O5/c1-31-25(30)21-8-2-20(3-9-21)16-32-22-12-6-19(7-13-22)15-27-28-24(29)17-33-23-10-4-18(14-26)5-11-23/h2-13,15H,16-17H2,1H3,(H,28,29)/b27-15+. The molecular formula is C25H21N3O5. The first-order chi connectivity index (χ1) is 16.1. The van der Waals surface area contributed by atoms with Crippen molar-refractivity contribution in [3.63, 3.8) is 0 Å². The van der Waals surface area contributed by atoms with Crippen molar-refractivity contribution >= 4 is 18.1 Å². The van der Waals surface area contributed by atoms with E-state index in [1.807, 2.05) is 6.07 Å². The minimum Gasteiger partial charge on any atom is -0.489 e. The first-order valence-electron chi connectivity index (χ1n) is 9.92. The predicted molar refractivity (Wildman–Crippen MR) is 121 cm³/mol. The average Bonchev–Trinajstić information content (AvgIpc) is 2.87. The normalized spacial score (nSPS) is 10.3. The lowest BCUT2D eigenvalue weighted by molar-refractivity contribution is -0.123. The van der Waals surface area contributed by atoms with Crippen molar-refractivity contribution in [3.05, 3.63) is 95.1 Å². The molecule has 3 aromatic rings. The van der Waals surface area contributed by atoms with Gasteiger partial charge in [-0.15, -0.1) is 0 Å². The summed E-state index contributed by atoms with van der Waals surface area (Å²) in [6.45, 7) is 0.154. The molecule has 1 amide bonds. The fourth-order valence-electron chi connectivity index (χ4n) is 2.66. The quantitative estimate of drug-likeness (QED) is 0.308.